The highest BCUT2D eigenvalue weighted by Crippen LogP contribution is 2.33. The van der Waals surface area contributed by atoms with Crippen molar-refractivity contribution in [2.75, 3.05) is 0 Å². The van der Waals surface area contributed by atoms with E-state index in [0.717, 1.165) is 0 Å². The van der Waals surface area contributed by atoms with E-state index in [1.165, 1.54) is 27.0 Å². The van der Waals surface area contributed by atoms with Crippen LogP contribution in [0.1, 0.15) is 0 Å². The molecule has 0 atom stereocenters. The molecule has 0 bridgehead atoms. The minimum absolute atomic E-state index is 0.553. The van der Waals surface area contributed by atoms with Crippen LogP contribution in [-0.2, 0) is 0 Å². The Kier molecular flexibility index (Phi) is 4.72. The van der Waals surface area contributed by atoms with Crippen molar-refractivity contribution in [2.24, 2.45) is 0 Å². The third-order valence-electron chi connectivity index (χ3n) is 4.24. The van der Waals surface area contributed by atoms with Gasteiger partial charge in [-0.3, -0.25) is 0 Å². The quantitative estimate of drug-likeness (QED) is 0.454. The van der Waals surface area contributed by atoms with Crippen LogP contribution >= 0.6 is 7.92 Å². The Balaban J connectivity index is 1.83. The van der Waals surface area contributed by atoms with Crippen molar-refractivity contribution in [3.8, 4) is 11.1 Å². The minimum Gasteiger partial charge on any atom is -0.0622 e. The van der Waals surface area contributed by atoms with E-state index in [1.807, 2.05) is 0 Å². The van der Waals surface area contributed by atoms with Crippen LogP contribution in [0, 0.1) is 0 Å². The van der Waals surface area contributed by atoms with Gasteiger partial charge in [-0.1, -0.05) is 109 Å². The highest BCUT2D eigenvalue weighted by Gasteiger charge is 2.16. The zero-order chi connectivity index (χ0) is 16.9. The number of hydrogen-bond acceptors (Lipinski definition) is 0. The van der Waals surface area contributed by atoms with E-state index in [2.05, 4.69) is 115 Å². The molecule has 0 fully saturated rings. The lowest BCUT2D eigenvalue weighted by Gasteiger charge is -2.20. The summed E-state index contributed by atoms with van der Waals surface area (Å²) in [5, 5.41) is 4.15. The molecule has 0 heterocycles. The molecule has 0 amide bonds. The Hall–Kier alpha value is -2.69. The fourth-order valence-electron chi connectivity index (χ4n) is 3.06. The summed E-state index contributed by atoms with van der Waals surface area (Å²) in [6, 6.07) is 41.3. The standard InChI is InChI=1S/C24H19P/c1-4-11-20(12-5-1)21-13-10-18-24(19-21)25(22-14-6-2-7-15-22)23-16-8-3-9-17-23/h1-19H. The van der Waals surface area contributed by atoms with Crippen LogP contribution in [-0.4, -0.2) is 0 Å². The molecule has 0 spiro atoms. The third kappa shape index (κ3) is 3.55. The maximum atomic E-state index is 2.35. The summed E-state index contributed by atoms with van der Waals surface area (Å²) in [6.07, 6.45) is 0. The Morgan fingerprint density at radius 2 is 0.800 bits per heavy atom. The second-order valence-electron chi connectivity index (χ2n) is 5.92. The molecule has 0 aliphatic carbocycles. The molecule has 0 N–H and O–H groups in total. The predicted molar refractivity (Wildman–Crippen MR) is 111 cm³/mol. The van der Waals surface area contributed by atoms with Gasteiger partial charge in [-0.2, -0.15) is 0 Å². The molecule has 0 aliphatic rings. The first kappa shape index (κ1) is 15.8. The molecule has 4 aromatic rings. The Morgan fingerprint density at radius 3 is 1.36 bits per heavy atom. The predicted octanol–water partition coefficient (Wildman–Crippen LogP) is 5.11. The van der Waals surface area contributed by atoms with Gasteiger partial charge in [0.15, 0.2) is 0 Å². The van der Waals surface area contributed by atoms with Crippen LogP contribution in [0.5, 0.6) is 0 Å². The Labute approximate surface area is 150 Å². The van der Waals surface area contributed by atoms with Crippen LogP contribution in [0.15, 0.2) is 115 Å². The molecular weight excluding hydrogens is 319 g/mol. The molecule has 1 heteroatoms. The Morgan fingerprint density at radius 1 is 0.360 bits per heavy atom. The first-order valence-corrected chi connectivity index (χ1v) is 9.82. The number of benzene rings is 4. The van der Waals surface area contributed by atoms with Crippen molar-refractivity contribution in [3.63, 3.8) is 0 Å². The summed E-state index contributed by atoms with van der Waals surface area (Å²) >= 11 is 0. The summed E-state index contributed by atoms with van der Waals surface area (Å²) in [7, 11) is -0.553. The zero-order valence-electron chi connectivity index (χ0n) is 13.9. The van der Waals surface area contributed by atoms with Gasteiger partial charge in [0.1, 0.15) is 0 Å². The molecular formula is C24H19P. The maximum Gasteiger partial charge on any atom is -0.0134 e. The van der Waals surface area contributed by atoms with Gasteiger partial charge in [0.25, 0.3) is 0 Å². The molecule has 0 unspecified atom stereocenters. The minimum atomic E-state index is -0.553. The molecule has 0 aliphatic heterocycles. The molecule has 0 nitrogen and oxygen atoms in total. The molecule has 120 valence electrons. The van der Waals surface area contributed by atoms with Gasteiger partial charge in [0, 0.05) is 0 Å². The van der Waals surface area contributed by atoms with Gasteiger partial charge in [0.05, 0.1) is 0 Å². The molecule has 4 rings (SSSR count). The lowest BCUT2D eigenvalue weighted by atomic mass is 10.1. The highest BCUT2D eigenvalue weighted by molar-refractivity contribution is 7.79. The average Bonchev–Trinajstić information content (AvgIpc) is 2.71. The van der Waals surface area contributed by atoms with E-state index in [4.69, 9.17) is 0 Å². The van der Waals surface area contributed by atoms with Crippen molar-refractivity contribution >= 4 is 23.8 Å². The lowest BCUT2D eigenvalue weighted by molar-refractivity contribution is 1.64. The number of hydrogen-bond donors (Lipinski definition) is 0. The van der Waals surface area contributed by atoms with Gasteiger partial charge in [0.2, 0.25) is 0 Å². The van der Waals surface area contributed by atoms with Crippen LogP contribution in [0.3, 0.4) is 0 Å². The zero-order valence-corrected chi connectivity index (χ0v) is 14.8. The second-order valence-corrected chi connectivity index (χ2v) is 8.14. The summed E-state index contributed by atoms with van der Waals surface area (Å²) in [6.45, 7) is 0. The van der Waals surface area contributed by atoms with Crippen molar-refractivity contribution in [1.82, 2.24) is 0 Å². The van der Waals surface area contributed by atoms with E-state index in [0.29, 0.717) is 0 Å². The van der Waals surface area contributed by atoms with Crippen molar-refractivity contribution in [3.05, 3.63) is 115 Å². The average molecular weight is 338 g/mol. The first-order chi connectivity index (χ1) is 12.4. The smallest absolute Gasteiger partial charge is 0.0134 e. The van der Waals surface area contributed by atoms with E-state index >= 15 is 0 Å². The summed E-state index contributed by atoms with van der Waals surface area (Å²) in [5.41, 5.74) is 2.54. The molecule has 0 radical (unpaired) electrons. The van der Waals surface area contributed by atoms with E-state index in [-0.39, 0.29) is 0 Å². The lowest BCUT2D eigenvalue weighted by Crippen LogP contribution is -2.20. The van der Waals surface area contributed by atoms with Gasteiger partial charge in [-0.25, -0.2) is 0 Å². The van der Waals surface area contributed by atoms with E-state index < -0.39 is 7.92 Å². The molecule has 0 saturated carbocycles. The number of rotatable bonds is 4. The molecule has 0 aromatic heterocycles. The van der Waals surface area contributed by atoms with Crippen LogP contribution in [0.2, 0.25) is 0 Å². The first-order valence-electron chi connectivity index (χ1n) is 8.47. The van der Waals surface area contributed by atoms with E-state index in [1.54, 1.807) is 0 Å². The van der Waals surface area contributed by atoms with Crippen LogP contribution in [0.25, 0.3) is 11.1 Å². The van der Waals surface area contributed by atoms with Crippen LogP contribution in [0.4, 0.5) is 0 Å². The second kappa shape index (κ2) is 7.47. The van der Waals surface area contributed by atoms with Gasteiger partial charge in [-0.05, 0) is 41.0 Å². The summed E-state index contributed by atoms with van der Waals surface area (Å²) in [5.74, 6) is 0. The molecule has 0 saturated heterocycles. The van der Waals surface area contributed by atoms with Crippen molar-refractivity contribution in [2.45, 2.75) is 0 Å². The van der Waals surface area contributed by atoms with E-state index in [9.17, 15) is 0 Å². The largest absolute Gasteiger partial charge is 0.0622 e. The van der Waals surface area contributed by atoms with Crippen molar-refractivity contribution in [1.29, 1.82) is 0 Å². The third-order valence-corrected chi connectivity index (χ3v) is 6.66. The highest BCUT2D eigenvalue weighted by atomic mass is 31.1. The van der Waals surface area contributed by atoms with Crippen LogP contribution < -0.4 is 15.9 Å². The Bertz CT molecular complexity index is 892. The normalized spacial score (nSPS) is 10.8. The summed E-state index contributed by atoms with van der Waals surface area (Å²) in [4.78, 5) is 0. The summed E-state index contributed by atoms with van der Waals surface area (Å²) < 4.78 is 0. The van der Waals surface area contributed by atoms with Gasteiger partial charge < -0.3 is 0 Å². The van der Waals surface area contributed by atoms with Gasteiger partial charge >= 0.3 is 0 Å². The molecule has 4 aromatic carbocycles. The van der Waals surface area contributed by atoms with Gasteiger partial charge in [-0.15, -0.1) is 0 Å². The maximum absolute atomic E-state index is 2.35. The fraction of sp³-hybridized carbons (Fsp3) is 0. The van der Waals surface area contributed by atoms with Crippen molar-refractivity contribution < 1.29 is 0 Å². The fourth-order valence-corrected chi connectivity index (χ4v) is 5.39. The molecule has 25 heavy (non-hydrogen) atoms. The topological polar surface area (TPSA) is 0 Å². The SMILES string of the molecule is c1ccc(-c2cccc(P(c3ccccc3)c3ccccc3)c2)cc1. The monoisotopic (exact) mass is 338 g/mol.